The molecule has 0 aliphatic heterocycles. The summed E-state index contributed by atoms with van der Waals surface area (Å²) in [5.41, 5.74) is 8.11. The summed E-state index contributed by atoms with van der Waals surface area (Å²) in [6, 6.07) is 12.8. The summed E-state index contributed by atoms with van der Waals surface area (Å²) in [5, 5.41) is 7.22. The van der Waals surface area contributed by atoms with Gasteiger partial charge in [-0.15, -0.1) is 0 Å². The van der Waals surface area contributed by atoms with Crippen LogP contribution in [0.4, 0.5) is 0 Å². The van der Waals surface area contributed by atoms with Crippen LogP contribution in [-0.4, -0.2) is 35.5 Å². The van der Waals surface area contributed by atoms with Gasteiger partial charge in [0, 0.05) is 5.56 Å². The monoisotopic (exact) mass is 368 g/mol. The molecule has 27 heavy (non-hydrogen) atoms. The topological polar surface area (TPSA) is 95.3 Å². The fourth-order valence-corrected chi connectivity index (χ4v) is 2.72. The zero-order valence-electron chi connectivity index (χ0n) is 15.7. The molecule has 0 radical (unpaired) electrons. The Morgan fingerprint density at radius 2 is 1.81 bits per heavy atom. The third kappa shape index (κ3) is 4.20. The predicted octanol–water partition coefficient (Wildman–Crippen LogP) is 3.33. The Labute approximate surface area is 158 Å². The fourth-order valence-electron chi connectivity index (χ4n) is 2.72. The standard InChI is InChI=1S/C20H24N4O3/c1-4-26-16-10-9-13(12-17(16)27-5-2)18(21)20-22-19(23-24-20)14-7-6-8-15(11-14)25-3/h6-12,18H,4-5,21H2,1-3H3,(H,22,23,24)/t18-/m0/s1. The van der Waals surface area contributed by atoms with Gasteiger partial charge in [0.15, 0.2) is 17.3 Å². The van der Waals surface area contributed by atoms with Gasteiger partial charge in [-0.2, -0.15) is 5.10 Å². The van der Waals surface area contributed by atoms with Gasteiger partial charge in [-0.3, -0.25) is 5.10 Å². The molecule has 0 saturated heterocycles. The van der Waals surface area contributed by atoms with Crippen molar-refractivity contribution in [2.75, 3.05) is 20.3 Å². The molecule has 1 aromatic heterocycles. The average molecular weight is 368 g/mol. The first-order valence-electron chi connectivity index (χ1n) is 8.88. The van der Waals surface area contributed by atoms with Crippen LogP contribution in [-0.2, 0) is 0 Å². The summed E-state index contributed by atoms with van der Waals surface area (Å²) < 4.78 is 16.5. The molecule has 0 amide bonds. The molecule has 3 N–H and O–H groups in total. The highest BCUT2D eigenvalue weighted by Crippen LogP contribution is 2.31. The van der Waals surface area contributed by atoms with Crippen LogP contribution in [0.1, 0.15) is 31.3 Å². The van der Waals surface area contributed by atoms with Gasteiger partial charge in [-0.1, -0.05) is 18.2 Å². The lowest BCUT2D eigenvalue weighted by Crippen LogP contribution is -2.14. The van der Waals surface area contributed by atoms with Crippen molar-refractivity contribution < 1.29 is 14.2 Å². The van der Waals surface area contributed by atoms with E-state index >= 15 is 0 Å². The van der Waals surface area contributed by atoms with Crippen molar-refractivity contribution in [3.05, 3.63) is 53.9 Å². The second kappa shape index (κ2) is 8.55. The lowest BCUT2D eigenvalue weighted by Gasteiger charge is -2.14. The van der Waals surface area contributed by atoms with Crippen molar-refractivity contribution in [1.29, 1.82) is 0 Å². The van der Waals surface area contributed by atoms with Gasteiger partial charge in [0.1, 0.15) is 11.6 Å². The number of methoxy groups -OCH3 is 1. The lowest BCUT2D eigenvalue weighted by atomic mass is 10.1. The number of H-pyrrole nitrogens is 1. The molecule has 0 unspecified atom stereocenters. The third-order valence-corrected chi connectivity index (χ3v) is 4.05. The second-order valence-electron chi connectivity index (χ2n) is 5.83. The Hall–Kier alpha value is -3.06. The molecule has 3 rings (SSSR count). The highest BCUT2D eigenvalue weighted by atomic mass is 16.5. The highest BCUT2D eigenvalue weighted by molar-refractivity contribution is 5.57. The Morgan fingerprint density at radius 3 is 2.56 bits per heavy atom. The Morgan fingerprint density at radius 1 is 1.04 bits per heavy atom. The van der Waals surface area contributed by atoms with E-state index in [1.54, 1.807) is 7.11 Å². The number of benzene rings is 2. The number of aromatic amines is 1. The lowest BCUT2D eigenvalue weighted by molar-refractivity contribution is 0.287. The summed E-state index contributed by atoms with van der Waals surface area (Å²) in [5.74, 6) is 3.25. The van der Waals surface area contributed by atoms with E-state index in [0.29, 0.717) is 36.4 Å². The number of rotatable bonds is 8. The molecule has 7 nitrogen and oxygen atoms in total. The summed E-state index contributed by atoms with van der Waals surface area (Å²) >= 11 is 0. The molecule has 3 aromatic rings. The molecule has 0 aliphatic rings. The first kappa shape index (κ1) is 18.7. The van der Waals surface area contributed by atoms with E-state index in [9.17, 15) is 0 Å². The largest absolute Gasteiger partial charge is 0.497 e. The Kier molecular flexibility index (Phi) is 5.93. The summed E-state index contributed by atoms with van der Waals surface area (Å²) in [6.07, 6.45) is 0. The van der Waals surface area contributed by atoms with E-state index in [-0.39, 0.29) is 0 Å². The van der Waals surface area contributed by atoms with Crippen LogP contribution < -0.4 is 19.9 Å². The average Bonchev–Trinajstić information content (AvgIpc) is 3.19. The van der Waals surface area contributed by atoms with Crippen LogP contribution in [0, 0.1) is 0 Å². The van der Waals surface area contributed by atoms with E-state index in [4.69, 9.17) is 19.9 Å². The van der Waals surface area contributed by atoms with E-state index in [1.807, 2.05) is 56.3 Å². The Bertz CT molecular complexity index is 894. The zero-order valence-corrected chi connectivity index (χ0v) is 15.7. The summed E-state index contributed by atoms with van der Waals surface area (Å²) in [7, 11) is 1.63. The molecule has 0 spiro atoms. The van der Waals surface area contributed by atoms with Crippen molar-refractivity contribution in [3.8, 4) is 28.6 Å². The van der Waals surface area contributed by atoms with Gasteiger partial charge in [0.2, 0.25) is 0 Å². The molecule has 142 valence electrons. The number of ether oxygens (including phenoxy) is 3. The van der Waals surface area contributed by atoms with Crippen molar-refractivity contribution >= 4 is 0 Å². The molecule has 0 aliphatic carbocycles. The van der Waals surface area contributed by atoms with Gasteiger partial charge in [-0.05, 0) is 43.7 Å². The van der Waals surface area contributed by atoms with Gasteiger partial charge in [-0.25, -0.2) is 4.98 Å². The van der Waals surface area contributed by atoms with E-state index in [2.05, 4.69) is 15.2 Å². The predicted molar refractivity (Wildman–Crippen MR) is 103 cm³/mol. The zero-order chi connectivity index (χ0) is 19.2. The maximum atomic E-state index is 6.40. The summed E-state index contributed by atoms with van der Waals surface area (Å²) in [6.45, 7) is 4.97. The fraction of sp³-hybridized carbons (Fsp3) is 0.300. The minimum Gasteiger partial charge on any atom is -0.497 e. The first-order valence-corrected chi connectivity index (χ1v) is 8.88. The molecule has 7 heteroatoms. The van der Waals surface area contributed by atoms with Crippen molar-refractivity contribution in [1.82, 2.24) is 15.2 Å². The third-order valence-electron chi connectivity index (χ3n) is 4.05. The van der Waals surface area contributed by atoms with Gasteiger partial charge in [0.05, 0.1) is 26.4 Å². The molecule has 2 aromatic carbocycles. The second-order valence-corrected chi connectivity index (χ2v) is 5.83. The molecule has 1 heterocycles. The first-order chi connectivity index (χ1) is 13.2. The number of hydrogen-bond donors (Lipinski definition) is 2. The number of hydrogen-bond acceptors (Lipinski definition) is 6. The molecular formula is C20H24N4O3. The highest BCUT2D eigenvalue weighted by Gasteiger charge is 2.17. The van der Waals surface area contributed by atoms with Crippen LogP contribution in [0.5, 0.6) is 17.2 Å². The number of nitrogens with two attached hydrogens (primary N) is 1. The Balaban J connectivity index is 1.86. The van der Waals surface area contributed by atoms with Crippen molar-refractivity contribution in [3.63, 3.8) is 0 Å². The molecule has 0 fully saturated rings. The van der Waals surface area contributed by atoms with E-state index in [0.717, 1.165) is 16.9 Å². The van der Waals surface area contributed by atoms with Gasteiger partial charge in [0.25, 0.3) is 0 Å². The molecule has 0 saturated carbocycles. The molecule has 1 atom stereocenters. The van der Waals surface area contributed by atoms with Crippen LogP contribution >= 0.6 is 0 Å². The van der Waals surface area contributed by atoms with Crippen LogP contribution in [0.2, 0.25) is 0 Å². The number of aromatic nitrogens is 3. The van der Waals surface area contributed by atoms with Crippen molar-refractivity contribution in [2.24, 2.45) is 5.73 Å². The molecule has 0 bridgehead atoms. The quantitative estimate of drug-likeness (QED) is 0.633. The number of nitrogens with one attached hydrogen (secondary N) is 1. The van der Waals surface area contributed by atoms with Crippen LogP contribution in [0.25, 0.3) is 11.4 Å². The smallest absolute Gasteiger partial charge is 0.181 e. The minimum atomic E-state index is -0.466. The van der Waals surface area contributed by atoms with Crippen molar-refractivity contribution in [2.45, 2.75) is 19.9 Å². The maximum Gasteiger partial charge on any atom is 0.181 e. The van der Waals surface area contributed by atoms with Gasteiger partial charge < -0.3 is 19.9 Å². The maximum absolute atomic E-state index is 6.40. The van der Waals surface area contributed by atoms with Crippen LogP contribution in [0.3, 0.4) is 0 Å². The van der Waals surface area contributed by atoms with Crippen LogP contribution in [0.15, 0.2) is 42.5 Å². The minimum absolute atomic E-state index is 0.466. The van der Waals surface area contributed by atoms with E-state index < -0.39 is 6.04 Å². The normalized spacial score (nSPS) is 11.9. The van der Waals surface area contributed by atoms with Gasteiger partial charge >= 0.3 is 0 Å². The molecular weight excluding hydrogens is 344 g/mol. The SMILES string of the molecule is CCOc1ccc([C@H](N)c2nc(-c3cccc(OC)c3)n[nH]2)cc1OCC. The van der Waals surface area contributed by atoms with E-state index in [1.165, 1.54) is 0 Å². The summed E-state index contributed by atoms with van der Waals surface area (Å²) in [4.78, 5) is 4.55. The number of nitrogens with zero attached hydrogens (tertiary/aromatic N) is 2.